The molecule has 0 saturated carbocycles. The van der Waals surface area contributed by atoms with Gasteiger partial charge in [0.05, 0.1) is 6.10 Å². The molecule has 0 spiro atoms. The molecule has 0 aliphatic rings. The summed E-state index contributed by atoms with van der Waals surface area (Å²) in [6.07, 6.45) is 1.61. The van der Waals surface area contributed by atoms with E-state index in [0.717, 1.165) is 0 Å². The lowest BCUT2D eigenvalue weighted by molar-refractivity contribution is -0.137. The van der Waals surface area contributed by atoms with Gasteiger partial charge in [-0.3, -0.25) is 4.79 Å². The van der Waals surface area contributed by atoms with Gasteiger partial charge < -0.3 is 15.2 Å². The summed E-state index contributed by atoms with van der Waals surface area (Å²) in [7, 11) is 0. The summed E-state index contributed by atoms with van der Waals surface area (Å²) in [6, 6.07) is 1.70. The van der Waals surface area contributed by atoms with Gasteiger partial charge in [0.1, 0.15) is 12.1 Å². The Balaban J connectivity index is 2.49. The van der Waals surface area contributed by atoms with Crippen LogP contribution in [0.3, 0.4) is 0 Å². The summed E-state index contributed by atoms with van der Waals surface area (Å²) in [5, 5.41) is 11.7. The molecule has 1 heterocycles. The number of carbonyl (C=O) groups is 1. The van der Waals surface area contributed by atoms with Crippen molar-refractivity contribution in [3.05, 3.63) is 12.4 Å². The lowest BCUT2D eigenvalue weighted by Gasteiger charge is -2.12. The second-order valence-electron chi connectivity index (χ2n) is 4.49. The fraction of sp³-hybridized carbons (Fsp3) is 0.583. The lowest BCUT2D eigenvalue weighted by Crippen LogP contribution is -2.16. The number of hydrogen-bond donors (Lipinski definition) is 2. The highest BCUT2D eigenvalue weighted by Gasteiger charge is 2.08. The Bertz CT molecular complexity index is 396. The highest BCUT2D eigenvalue weighted by atomic mass is 16.5. The Morgan fingerprint density at radius 3 is 2.78 bits per heavy atom. The molecule has 0 aromatic carbocycles. The minimum atomic E-state index is -0.796. The number of anilines is 1. The zero-order valence-electron chi connectivity index (χ0n) is 10.9. The van der Waals surface area contributed by atoms with Crippen LogP contribution in [0.5, 0.6) is 5.88 Å². The van der Waals surface area contributed by atoms with E-state index in [4.69, 9.17) is 9.84 Å². The van der Waals surface area contributed by atoms with Gasteiger partial charge in [-0.25, -0.2) is 9.97 Å². The van der Waals surface area contributed by atoms with Gasteiger partial charge in [0.15, 0.2) is 0 Å². The first-order valence-electron chi connectivity index (χ1n) is 5.91. The van der Waals surface area contributed by atoms with Crippen LogP contribution in [0.15, 0.2) is 12.4 Å². The van der Waals surface area contributed by atoms with Crippen molar-refractivity contribution < 1.29 is 14.6 Å². The van der Waals surface area contributed by atoms with Crippen LogP contribution in [0.1, 0.15) is 27.2 Å². The average molecular weight is 253 g/mol. The van der Waals surface area contributed by atoms with Gasteiger partial charge in [-0.2, -0.15) is 0 Å². The van der Waals surface area contributed by atoms with Crippen LogP contribution < -0.4 is 10.1 Å². The monoisotopic (exact) mass is 253 g/mol. The van der Waals surface area contributed by atoms with Crippen molar-refractivity contribution in [2.75, 3.05) is 11.9 Å². The molecule has 0 aliphatic heterocycles. The van der Waals surface area contributed by atoms with E-state index in [-0.39, 0.29) is 18.4 Å². The molecule has 1 aromatic heterocycles. The van der Waals surface area contributed by atoms with Gasteiger partial charge >= 0.3 is 5.97 Å². The number of carboxylic acid groups (broad SMARTS) is 1. The third-order valence-electron chi connectivity index (χ3n) is 2.15. The van der Waals surface area contributed by atoms with Crippen molar-refractivity contribution in [3.8, 4) is 5.88 Å². The Morgan fingerprint density at radius 1 is 1.44 bits per heavy atom. The molecule has 0 radical (unpaired) electrons. The Hall–Kier alpha value is -1.85. The molecular formula is C12H19N3O3. The molecule has 2 N–H and O–H groups in total. The number of nitrogens with zero attached hydrogens (tertiary/aromatic N) is 2. The quantitative estimate of drug-likeness (QED) is 0.770. The van der Waals surface area contributed by atoms with Gasteiger partial charge in [0.2, 0.25) is 5.88 Å². The molecule has 0 saturated heterocycles. The van der Waals surface area contributed by atoms with E-state index < -0.39 is 5.97 Å². The maximum Gasteiger partial charge on any atom is 0.303 e. The van der Waals surface area contributed by atoms with Crippen molar-refractivity contribution >= 4 is 11.8 Å². The number of hydrogen-bond acceptors (Lipinski definition) is 5. The van der Waals surface area contributed by atoms with Crippen LogP contribution in [0.25, 0.3) is 0 Å². The largest absolute Gasteiger partial charge is 0.481 e. The van der Waals surface area contributed by atoms with Gasteiger partial charge in [-0.05, 0) is 19.8 Å². The smallest absolute Gasteiger partial charge is 0.303 e. The first-order chi connectivity index (χ1) is 8.47. The van der Waals surface area contributed by atoms with Crippen molar-refractivity contribution in [1.29, 1.82) is 0 Å². The van der Waals surface area contributed by atoms with Gasteiger partial charge in [-0.15, -0.1) is 0 Å². The average Bonchev–Trinajstić information content (AvgIpc) is 2.25. The van der Waals surface area contributed by atoms with Crippen molar-refractivity contribution in [3.63, 3.8) is 0 Å². The maximum absolute atomic E-state index is 10.5. The minimum absolute atomic E-state index is 0.0342. The molecule has 18 heavy (non-hydrogen) atoms. The van der Waals surface area contributed by atoms with Crippen LogP contribution in [-0.4, -0.2) is 33.7 Å². The van der Waals surface area contributed by atoms with Crippen LogP contribution in [0, 0.1) is 5.92 Å². The molecule has 1 aromatic rings. The predicted octanol–water partition coefficient (Wildman–Crippen LogP) is 1.79. The SMILES string of the molecule is CC(CNc1cc(OC(C)C)ncn1)CC(=O)O. The molecule has 6 nitrogen and oxygen atoms in total. The summed E-state index contributed by atoms with van der Waals surface area (Å²) in [6.45, 7) is 6.26. The summed E-state index contributed by atoms with van der Waals surface area (Å²) in [5.74, 6) is 0.383. The topological polar surface area (TPSA) is 84.3 Å². The zero-order chi connectivity index (χ0) is 13.5. The molecular weight excluding hydrogens is 234 g/mol. The molecule has 0 aliphatic carbocycles. The van der Waals surface area contributed by atoms with Crippen LogP contribution >= 0.6 is 0 Å². The van der Waals surface area contributed by atoms with E-state index in [1.54, 1.807) is 6.07 Å². The van der Waals surface area contributed by atoms with E-state index >= 15 is 0 Å². The number of rotatable bonds is 7. The molecule has 100 valence electrons. The summed E-state index contributed by atoms with van der Waals surface area (Å²) in [4.78, 5) is 18.6. The van der Waals surface area contributed by atoms with Gasteiger partial charge in [0.25, 0.3) is 0 Å². The number of aromatic nitrogens is 2. The summed E-state index contributed by atoms with van der Waals surface area (Å²) in [5.41, 5.74) is 0. The van der Waals surface area contributed by atoms with E-state index in [0.29, 0.717) is 18.2 Å². The Morgan fingerprint density at radius 2 is 2.17 bits per heavy atom. The number of aliphatic carboxylic acids is 1. The van der Waals surface area contributed by atoms with Crippen molar-refractivity contribution in [2.24, 2.45) is 5.92 Å². The van der Waals surface area contributed by atoms with Crippen LogP contribution in [0.2, 0.25) is 0 Å². The predicted molar refractivity (Wildman–Crippen MR) is 67.7 cm³/mol. The molecule has 1 rings (SSSR count). The molecule has 0 fully saturated rings. The molecule has 0 amide bonds. The Labute approximate surface area is 106 Å². The summed E-state index contributed by atoms with van der Waals surface area (Å²) >= 11 is 0. The summed E-state index contributed by atoms with van der Waals surface area (Å²) < 4.78 is 5.44. The minimum Gasteiger partial charge on any atom is -0.481 e. The van der Waals surface area contributed by atoms with E-state index in [9.17, 15) is 4.79 Å². The van der Waals surface area contributed by atoms with E-state index in [2.05, 4.69) is 15.3 Å². The van der Waals surface area contributed by atoms with Gasteiger partial charge in [0, 0.05) is 19.0 Å². The van der Waals surface area contributed by atoms with Gasteiger partial charge in [-0.1, -0.05) is 6.92 Å². The zero-order valence-corrected chi connectivity index (χ0v) is 10.9. The molecule has 6 heteroatoms. The van der Waals surface area contributed by atoms with Crippen LogP contribution in [-0.2, 0) is 4.79 Å². The van der Waals surface area contributed by atoms with Crippen molar-refractivity contribution in [1.82, 2.24) is 9.97 Å². The molecule has 1 atom stereocenters. The van der Waals surface area contributed by atoms with Crippen LogP contribution in [0.4, 0.5) is 5.82 Å². The lowest BCUT2D eigenvalue weighted by atomic mass is 10.1. The van der Waals surface area contributed by atoms with E-state index in [1.165, 1.54) is 6.33 Å². The number of nitrogens with one attached hydrogen (secondary N) is 1. The first-order valence-corrected chi connectivity index (χ1v) is 5.91. The number of ether oxygens (including phenoxy) is 1. The van der Waals surface area contributed by atoms with Crippen molar-refractivity contribution in [2.45, 2.75) is 33.3 Å². The molecule has 0 bridgehead atoms. The standard InChI is InChI=1S/C12H19N3O3/c1-8(2)18-11-5-10(14-7-15-11)13-6-9(3)4-12(16)17/h5,7-9H,4,6H2,1-3H3,(H,16,17)(H,13,14,15). The highest BCUT2D eigenvalue weighted by Crippen LogP contribution is 2.13. The first kappa shape index (κ1) is 14.2. The third-order valence-corrected chi connectivity index (χ3v) is 2.15. The highest BCUT2D eigenvalue weighted by molar-refractivity contribution is 5.67. The second-order valence-corrected chi connectivity index (χ2v) is 4.49. The number of carboxylic acids is 1. The Kier molecular flexibility index (Phi) is 5.35. The maximum atomic E-state index is 10.5. The fourth-order valence-corrected chi connectivity index (χ4v) is 1.39. The fourth-order valence-electron chi connectivity index (χ4n) is 1.39. The second kappa shape index (κ2) is 6.78. The normalized spacial score (nSPS) is 12.2. The third kappa shape index (κ3) is 5.47. The van der Waals surface area contributed by atoms with E-state index in [1.807, 2.05) is 20.8 Å². The molecule has 1 unspecified atom stereocenters.